The molecule has 0 amide bonds. The average molecular weight is 384 g/mol. The number of nitrogens with one attached hydrogen (secondary N) is 1. The molecule has 28 heavy (non-hydrogen) atoms. The van der Waals surface area contributed by atoms with Gasteiger partial charge in [-0.15, -0.1) is 0 Å². The van der Waals surface area contributed by atoms with E-state index in [1.54, 1.807) is 12.4 Å². The van der Waals surface area contributed by atoms with Gasteiger partial charge in [-0.2, -0.15) is 5.10 Å². The largest absolute Gasteiger partial charge is 0.488 e. The molecule has 0 saturated carbocycles. The minimum Gasteiger partial charge on any atom is -0.488 e. The lowest BCUT2D eigenvalue weighted by molar-refractivity contribution is 0.231. The number of anilines is 1. The van der Waals surface area contributed by atoms with E-state index < -0.39 is 5.82 Å². The van der Waals surface area contributed by atoms with Gasteiger partial charge in [0.1, 0.15) is 17.8 Å². The Morgan fingerprint density at radius 3 is 2.79 bits per heavy atom. The van der Waals surface area contributed by atoms with Crippen LogP contribution in [0.2, 0.25) is 0 Å². The Kier molecular flexibility index (Phi) is 4.89. The zero-order valence-corrected chi connectivity index (χ0v) is 16.6. The van der Waals surface area contributed by atoms with Crippen LogP contribution in [0.15, 0.2) is 24.5 Å². The highest BCUT2D eigenvalue weighted by Crippen LogP contribution is 2.32. The second kappa shape index (κ2) is 7.35. The minimum atomic E-state index is -0.411. The predicted octanol–water partition coefficient (Wildman–Crippen LogP) is 3.09. The fourth-order valence-electron chi connectivity index (χ4n) is 3.46. The highest BCUT2D eigenvalue weighted by atomic mass is 19.1. The number of benzene rings is 1. The van der Waals surface area contributed by atoms with Crippen LogP contribution in [0.5, 0.6) is 5.75 Å². The first-order chi connectivity index (χ1) is 13.4. The number of aromatic amines is 1. The third kappa shape index (κ3) is 3.52. The van der Waals surface area contributed by atoms with E-state index in [0.29, 0.717) is 22.9 Å². The van der Waals surface area contributed by atoms with E-state index in [2.05, 4.69) is 43.9 Å². The number of halogens is 1. The molecule has 1 atom stereocenters. The van der Waals surface area contributed by atoms with Crippen molar-refractivity contribution in [1.82, 2.24) is 25.1 Å². The Morgan fingerprint density at radius 1 is 1.21 bits per heavy atom. The number of likely N-dealkylation sites (N-methyl/N-ethyl adjacent to an activating group) is 1. The summed E-state index contributed by atoms with van der Waals surface area (Å²) in [5.74, 6) is 0.681. The van der Waals surface area contributed by atoms with Gasteiger partial charge in [-0.25, -0.2) is 14.4 Å². The Labute approximate surface area is 163 Å². The molecule has 8 heteroatoms. The van der Waals surface area contributed by atoms with Crippen LogP contribution in [0.4, 0.5) is 10.2 Å². The predicted molar refractivity (Wildman–Crippen MR) is 107 cm³/mol. The van der Waals surface area contributed by atoms with Gasteiger partial charge in [0.25, 0.3) is 0 Å². The van der Waals surface area contributed by atoms with Gasteiger partial charge in [0, 0.05) is 43.2 Å². The number of fused-ring (bicyclic) bond motifs is 1. The number of rotatable bonds is 4. The molecular weight excluding hydrogens is 359 g/mol. The summed E-state index contributed by atoms with van der Waals surface area (Å²) >= 11 is 0. The summed E-state index contributed by atoms with van der Waals surface area (Å²) in [6.07, 6.45) is 1.44. The Balaban J connectivity index is 1.70. The fraction of sp³-hybridized carbons (Fsp3) is 0.450. The number of hydrogen-bond donors (Lipinski definition) is 1. The molecule has 1 fully saturated rings. The highest BCUT2D eigenvalue weighted by molar-refractivity contribution is 5.93. The molecule has 0 bridgehead atoms. The first-order valence-electron chi connectivity index (χ1n) is 9.54. The smallest absolute Gasteiger partial charge is 0.167 e. The molecule has 1 saturated heterocycles. The van der Waals surface area contributed by atoms with Crippen molar-refractivity contribution < 1.29 is 9.13 Å². The van der Waals surface area contributed by atoms with E-state index in [9.17, 15) is 4.39 Å². The molecule has 0 spiro atoms. The van der Waals surface area contributed by atoms with Crippen LogP contribution in [0.3, 0.4) is 0 Å². The Bertz CT molecular complexity index is 988. The summed E-state index contributed by atoms with van der Waals surface area (Å²) in [6.45, 7) is 8.75. The second-order valence-corrected chi connectivity index (χ2v) is 7.60. The number of aromatic nitrogens is 4. The number of H-pyrrole nitrogens is 1. The lowest BCUT2D eigenvalue weighted by atomic mass is 10.1. The van der Waals surface area contributed by atoms with E-state index in [0.717, 1.165) is 30.8 Å². The first-order valence-corrected chi connectivity index (χ1v) is 9.54. The number of hydrogen-bond acceptors (Lipinski definition) is 6. The summed E-state index contributed by atoms with van der Waals surface area (Å²) in [7, 11) is 2.14. The van der Waals surface area contributed by atoms with Crippen LogP contribution in [0.25, 0.3) is 22.3 Å². The molecule has 148 valence electrons. The molecule has 1 aliphatic rings. The number of ether oxygens (including phenoxy) is 1. The number of nitrogens with zero attached hydrogens (tertiary/aromatic N) is 5. The monoisotopic (exact) mass is 384 g/mol. The van der Waals surface area contributed by atoms with Gasteiger partial charge >= 0.3 is 0 Å². The third-order valence-corrected chi connectivity index (χ3v) is 5.16. The van der Waals surface area contributed by atoms with Crippen LogP contribution < -0.4 is 9.64 Å². The standard InChI is InChI=1S/C20H25FN6O/c1-12(2)28-18-7-14-16(8-15(18)21)24-25-20(14)17-9-19(23-11-22-17)27-6-5-26(4)13(3)10-27/h7-9,11-13H,5-6,10H2,1-4H3,(H,24,25). The third-order valence-electron chi connectivity index (χ3n) is 5.16. The lowest BCUT2D eigenvalue weighted by Crippen LogP contribution is -2.50. The highest BCUT2D eigenvalue weighted by Gasteiger charge is 2.22. The zero-order chi connectivity index (χ0) is 19.8. The van der Waals surface area contributed by atoms with Crippen LogP contribution in [0.1, 0.15) is 20.8 Å². The van der Waals surface area contributed by atoms with Crippen molar-refractivity contribution in [2.75, 3.05) is 31.6 Å². The van der Waals surface area contributed by atoms with Crippen molar-refractivity contribution in [2.45, 2.75) is 32.9 Å². The van der Waals surface area contributed by atoms with Crippen molar-refractivity contribution in [1.29, 1.82) is 0 Å². The van der Waals surface area contributed by atoms with E-state index in [4.69, 9.17) is 4.74 Å². The zero-order valence-electron chi connectivity index (χ0n) is 16.6. The second-order valence-electron chi connectivity index (χ2n) is 7.60. The van der Waals surface area contributed by atoms with E-state index in [1.807, 2.05) is 19.9 Å². The van der Waals surface area contributed by atoms with Crippen molar-refractivity contribution in [3.05, 3.63) is 30.3 Å². The van der Waals surface area contributed by atoms with Crippen molar-refractivity contribution in [3.8, 4) is 17.1 Å². The summed E-state index contributed by atoms with van der Waals surface area (Å²) in [5.41, 5.74) is 1.97. The summed E-state index contributed by atoms with van der Waals surface area (Å²) in [6, 6.07) is 5.49. The van der Waals surface area contributed by atoms with E-state index >= 15 is 0 Å². The van der Waals surface area contributed by atoms with Gasteiger partial charge in [-0.1, -0.05) is 0 Å². The lowest BCUT2D eigenvalue weighted by Gasteiger charge is -2.38. The molecule has 2 aromatic heterocycles. The molecule has 1 unspecified atom stereocenters. The van der Waals surface area contributed by atoms with Gasteiger partial charge in [-0.05, 0) is 33.9 Å². The van der Waals surface area contributed by atoms with E-state index in [1.165, 1.54) is 6.07 Å². The molecular formula is C20H25FN6O. The molecule has 0 radical (unpaired) electrons. The molecule has 0 aliphatic carbocycles. The first kappa shape index (κ1) is 18.6. The van der Waals surface area contributed by atoms with Crippen LogP contribution in [-0.4, -0.2) is 63.9 Å². The van der Waals surface area contributed by atoms with Gasteiger partial charge in [-0.3, -0.25) is 5.10 Å². The SMILES string of the molecule is CC(C)Oc1cc2c(-c3cc(N4CCN(C)C(C)C4)ncn3)n[nH]c2cc1F. The normalized spacial score (nSPS) is 18.2. The van der Waals surface area contributed by atoms with Crippen molar-refractivity contribution in [2.24, 2.45) is 0 Å². The molecule has 3 aromatic rings. The fourth-order valence-corrected chi connectivity index (χ4v) is 3.46. The maximum atomic E-state index is 14.3. The molecule has 1 aromatic carbocycles. The van der Waals surface area contributed by atoms with Gasteiger partial charge < -0.3 is 14.5 Å². The van der Waals surface area contributed by atoms with Gasteiger partial charge in [0.15, 0.2) is 11.6 Å². The minimum absolute atomic E-state index is 0.118. The summed E-state index contributed by atoms with van der Waals surface area (Å²) < 4.78 is 19.8. The molecule has 4 rings (SSSR count). The molecule has 1 aliphatic heterocycles. The number of piperazine rings is 1. The quantitative estimate of drug-likeness (QED) is 0.745. The summed E-state index contributed by atoms with van der Waals surface area (Å²) in [5, 5.41) is 8.04. The van der Waals surface area contributed by atoms with Gasteiger partial charge in [0.2, 0.25) is 0 Å². The topological polar surface area (TPSA) is 70.2 Å². The Morgan fingerprint density at radius 2 is 2.04 bits per heavy atom. The maximum Gasteiger partial charge on any atom is 0.167 e. The molecule has 3 heterocycles. The van der Waals surface area contributed by atoms with Crippen molar-refractivity contribution in [3.63, 3.8) is 0 Å². The molecule has 7 nitrogen and oxygen atoms in total. The van der Waals surface area contributed by atoms with Crippen LogP contribution in [-0.2, 0) is 0 Å². The van der Waals surface area contributed by atoms with E-state index in [-0.39, 0.29) is 11.9 Å². The summed E-state index contributed by atoms with van der Waals surface area (Å²) in [4.78, 5) is 13.5. The average Bonchev–Trinajstić information content (AvgIpc) is 3.06. The Hall–Kier alpha value is -2.74. The van der Waals surface area contributed by atoms with Crippen molar-refractivity contribution >= 4 is 16.7 Å². The van der Waals surface area contributed by atoms with Crippen LogP contribution in [0, 0.1) is 5.82 Å². The van der Waals surface area contributed by atoms with Crippen LogP contribution >= 0.6 is 0 Å². The van der Waals surface area contributed by atoms with Gasteiger partial charge in [0.05, 0.1) is 17.3 Å². The maximum absolute atomic E-state index is 14.3. The molecule has 1 N–H and O–H groups in total.